The van der Waals surface area contributed by atoms with E-state index in [4.69, 9.17) is 23.8 Å². The summed E-state index contributed by atoms with van der Waals surface area (Å²) in [4.78, 5) is 0.851. The molecule has 68 valence electrons. The van der Waals surface area contributed by atoms with Gasteiger partial charge in [-0.25, -0.2) is 0 Å². The van der Waals surface area contributed by atoms with Crippen LogP contribution in [0.25, 0.3) is 0 Å². The first kappa shape index (κ1) is 8.97. The highest BCUT2D eigenvalue weighted by atomic mass is 35.5. The Kier molecular flexibility index (Phi) is 2.51. The molecule has 13 heavy (non-hydrogen) atoms. The van der Waals surface area contributed by atoms with Crippen LogP contribution >= 0.6 is 23.8 Å². The standard InChI is InChI=1S/C10H10ClNS/c11-8-3-4-9-7(6-8)2-1-5-12-10(9)13/h3-4,6H,1-2,5H2,(H,12,13). The van der Waals surface area contributed by atoms with Gasteiger partial charge in [-0.05, 0) is 30.5 Å². The van der Waals surface area contributed by atoms with Crippen molar-refractivity contribution < 1.29 is 0 Å². The maximum absolute atomic E-state index is 5.91. The zero-order valence-electron chi connectivity index (χ0n) is 7.14. The summed E-state index contributed by atoms with van der Waals surface area (Å²) >= 11 is 11.2. The van der Waals surface area contributed by atoms with Gasteiger partial charge in [0, 0.05) is 17.1 Å². The SMILES string of the molecule is S=C1NCCCc2cc(Cl)ccc21. The van der Waals surface area contributed by atoms with Crippen molar-refractivity contribution in [3.8, 4) is 0 Å². The lowest BCUT2D eigenvalue weighted by Gasteiger charge is -2.06. The molecular weight excluding hydrogens is 202 g/mol. The highest BCUT2D eigenvalue weighted by molar-refractivity contribution is 7.80. The van der Waals surface area contributed by atoms with E-state index in [1.54, 1.807) is 0 Å². The van der Waals surface area contributed by atoms with Crippen LogP contribution in [0.1, 0.15) is 17.5 Å². The first-order chi connectivity index (χ1) is 6.27. The molecule has 0 unspecified atom stereocenters. The molecule has 1 aromatic rings. The van der Waals surface area contributed by atoms with E-state index < -0.39 is 0 Å². The molecule has 0 aliphatic carbocycles. The van der Waals surface area contributed by atoms with E-state index >= 15 is 0 Å². The molecular formula is C10H10ClNS. The topological polar surface area (TPSA) is 12.0 Å². The fourth-order valence-corrected chi connectivity index (χ4v) is 2.06. The smallest absolute Gasteiger partial charge is 0.106 e. The van der Waals surface area contributed by atoms with Gasteiger partial charge < -0.3 is 5.32 Å². The van der Waals surface area contributed by atoms with E-state index in [1.807, 2.05) is 18.2 Å². The van der Waals surface area contributed by atoms with Crippen LogP contribution in [0.3, 0.4) is 0 Å². The van der Waals surface area contributed by atoms with Gasteiger partial charge >= 0.3 is 0 Å². The summed E-state index contributed by atoms with van der Waals surface area (Å²) < 4.78 is 0. The molecule has 2 rings (SSSR count). The van der Waals surface area contributed by atoms with Gasteiger partial charge in [0.25, 0.3) is 0 Å². The normalized spacial score (nSPS) is 15.9. The van der Waals surface area contributed by atoms with Crippen LogP contribution in [0.5, 0.6) is 0 Å². The number of hydrogen-bond acceptors (Lipinski definition) is 1. The quantitative estimate of drug-likeness (QED) is 0.662. The molecule has 1 heterocycles. The second kappa shape index (κ2) is 3.64. The summed E-state index contributed by atoms with van der Waals surface area (Å²) in [7, 11) is 0. The Balaban J connectivity index is 2.48. The molecule has 0 bridgehead atoms. The second-order valence-corrected chi connectivity index (χ2v) is 4.01. The van der Waals surface area contributed by atoms with Crippen LogP contribution in [0.4, 0.5) is 0 Å². The summed E-state index contributed by atoms with van der Waals surface area (Å²) in [5.74, 6) is 0. The molecule has 1 N–H and O–H groups in total. The summed E-state index contributed by atoms with van der Waals surface area (Å²) in [5, 5.41) is 4.00. The van der Waals surface area contributed by atoms with Crippen LogP contribution in [0.15, 0.2) is 18.2 Å². The minimum Gasteiger partial charge on any atom is -0.376 e. The van der Waals surface area contributed by atoms with Gasteiger partial charge in [-0.3, -0.25) is 0 Å². The summed E-state index contributed by atoms with van der Waals surface area (Å²) in [5.41, 5.74) is 2.40. The maximum atomic E-state index is 5.91. The van der Waals surface area contributed by atoms with Gasteiger partial charge in [0.2, 0.25) is 0 Å². The molecule has 1 aliphatic heterocycles. The molecule has 0 atom stereocenters. The average molecular weight is 212 g/mol. The molecule has 0 saturated heterocycles. The van der Waals surface area contributed by atoms with Crippen LogP contribution in [-0.4, -0.2) is 11.5 Å². The van der Waals surface area contributed by atoms with E-state index in [0.29, 0.717) is 0 Å². The molecule has 3 heteroatoms. The van der Waals surface area contributed by atoms with Crippen molar-refractivity contribution in [3.63, 3.8) is 0 Å². The van der Waals surface area contributed by atoms with Crippen LogP contribution in [-0.2, 0) is 6.42 Å². The molecule has 0 saturated carbocycles. The maximum Gasteiger partial charge on any atom is 0.106 e. The lowest BCUT2D eigenvalue weighted by atomic mass is 10.0. The minimum atomic E-state index is 0.795. The predicted molar refractivity (Wildman–Crippen MR) is 59.5 cm³/mol. The third-order valence-corrected chi connectivity index (χ3v) is 2.82. The Bertz CT molecular complexity index is 349. The number of fused-ring (bicyclic) bond motifs is 1. The number of thiocarbonyl (C=S) groups is 1. The van der Waals surface area contributed by atoms with E-state index in [2.05, 4.69) is 5.32 Å². The Morgan fingerprint density at radius 2 is 2.23 bits per heavy atom. The fraction of sp³-hybridized carbons (Fsp3) is 0.300. The van der Waals surface area contributed by atoms with Crippen LogP contribution in [0, 0.1) is 0 Å². The monoisotopic (exact) mass is 211 g/mol. The summed E-state index contributed by atoms with van der Waals surface area (Å²) in [6.45, 7) is 0.963. The van der Waals surface area contributed by atoms with Crippen molar-refractivity contribution in [1.82, 2.24) is 5.32 Å². The molecule has 1 aliphatic rings. The van der Waals surface area contributed by atoms with Gasteiger partial charge in [-0.1, -0.05) is 29.9 Å². The Morgan fingerprint density at radius 3 is 3.08 bits per heavy atom. The molecule has 0 fully saturated rings. The van der Waals surface area contributed by atoms with Crippen molar-refractivity contribution in [2.75, 3.05) is 6.54 Å². The number of hydrogen-bond donors (Lipinski definition) is 1. The van der Waals surface area contributed by atoms with Crippen molar-refractivity contribution in [3.05, 3.63) is 34.3 Å². The molecule has 1 nitrogen and oxygen atoms in total. The first-order valence-corrected chi connectivity index (χ1v) is 5.12. The zero-order chi connectivity index (χ0) is 9.26. The van der Waals surface area contributed by atoms with Crippen LogP contribution in [0.2, 0.25) is 5.02 Å². The van der Waals surface area contributed by atoms with E-state index in [0.717, 1.165) is 35.0 Å². The number of nitrogens with one attached hydrogen (secondary N) is 1. The zero-order valence-corrected chi connectivity index (χ0v) is 8.71. The fourth-order valence-electron chi connectivity index (χ4n) is 1.57. The predicted octanol–water partition coefficient (Wildman–Crippen LogP) is 2.55. The molecule has 0 radical (unpaired) electrons. The van der Waals surface area contributed by atoms with E-state index in [9.17, 15) is 0 Å². The number of benzene rings is 1. The Hall–Kier alpha value is -0.600. The van der Waals surface area contributed by atoms with Crippen LogP contribution < -0.4 is 5.32 Å². The largest absolute Gasteiger partial charge is 0.376 e. The van der Waals surface area contributed by atoms with Crippen molar-refractivity contribution in [2.24, 2.45) is 0 Å². The van der Waals surface area contributed by atoms with Crippen molar-refractivity contribution in [2.45, 2.75) is 12.8 Å². The molecule has 0 spiro atoms. The summed E-state index contributed by atoms with van der Waals surface area (Å²) in [6, 6.07) is 5.90. The molecule has 1 aromatic carbocycles. The Morgan fingerprint density at radius 1 is 1.38 bits per heavy atom. The average Bonchev–Trinajstić information content (AvgIpc) is 2.28. The van der Waals surface area contributed by atoms with E-state index in [-0.39, 0.29) is 0 Å². The van der Waals surface area contributed by atoms with Gasteiger partial charge in [0.1, 0.15) is 4.99 Å². The number of aryl methyl sites for hydroxylation is 1. The minimum absolute atomic E-state index is 0.795. The van der Waals surface area contributed by atoms with E-state index in [1.165, 1.54) is 5.56 Å². The highest BCUT2D eigenvalue weighted by Crippen LogP contribution is 2.19. The van der Waals surface area contributed by atoms with Gasteiger partial charge in [0.05, 0.1) is 0 Å². The third kappa shape index (κ3) is 1.84. The molecule has 0 amide bonds. The van der Waals surface area contributed by atoms with Gasteiger partial charge in [-0.2, -0.15) is 0 Å². The number of rotatable bonds is 0. The second-order valence-electron chi connectivity index (χ2n) is 3.16. The van der Waals surface area contributed by atoms with Gasteiger partial charge in [0.15, 0.2) is 0 Å². The van der Waals surface area contributed by atoms with Gasteiger partial charge in [-0.15, -0.1) is 0 Å². The van der Waals surface area contributed by atoms with Crippen molar-refractivity contribution >= 4 is 28.8 Å². The number of halogens is 1. The summed E-state index contributed by atoms with van der Waals surface area (Å²) in [6.07, 6.45) is 2.18. The third-order valence-electron chi connectivity index (χ3n) is 2.22. The lowest BCUT2D eigenvalue weighted by Crippen LogP contribution is -2.21. The highest BCUT2D eigenvalue weighted by Gasteiger charge is 2.11. The van der Waals surface area contributed by atoms with Crippen molar-refractivity contribution in [1.29, 1.82) is 0 Å². The first-order valence-electron chi connectivity index (χ1n) is 4.34. The Labute approximate surface area is 88.1 Å². The lowest BCUT2D eigenvalue weighted by molar-refractivity contribution is 0.795. The molecule has 0 aromatic heterocycles.